The minimum atomic E-state index is -0.366. The first-order valence-electron chi connectivity index (χ1n) is 10.7. The fourth-order valence-corrected chi connectivity index (χ4v) is 4.65. The van der Waals surface area contributed by atoms with E-state index in [4.69, 9.17) is 0 Å². The van der Waals surface area contributed by atoms with E-state index in [-0.39, 0.29) is 24.2 Å². The van der Waals surface area contributed by atoms with Gasteiger partial charge >= 0.3 is 0 Å². The summed E-state index contributed by atoms with van der Waals surface area (Å²) in [6, 6.07) is 19.2. The van der Waals surface area contributed by atoms with Gasteiger partial charge in [0, 0.05) is 27.5 Å². The van der Waals surface area contributed by atoms with Crippen molar-refractivity contribution < 1.29 is 14.0 Å². The van der Waals surface area contributed by atoms with E-state index in [1.165, 1.54) is 17.8 Å². The molecule has 0 fully saturated rings. The molecule has 3 aromatic carbocycles. The Hall–Kier alpha value is -3.12. The predicted octanol–water partition coefficient (Wildman–Crippen LogP) is 5.91. The third-order valence-corrected chi connectivity index (χ3v) is 6.53. The smallest absolute Gasteiger partial charge is 0.259 e. The van der Waals surface area contributed by atoms with Crippen LogP contribution in [0.4, 0.5) is 10.1 Å². The number of carbonyl (C=O) groups is 2. The molecule has 0 aliphatic carbocycles. The van der Waals surface area contributed by atoms with Crippen molar-refractivity contribution >= 4 is 29.3 Å². The van der Waals surface area contributed by atoms with Gasteiger partial charge in [-0.25, -0.2) is 4.39 Å². The van der Waals surface area contributed by atoms with Gasteiger partial charge in [-0.05, 0) is 48.7 Å². The summed E-state index contributed by atoms with van der Waals surface area (Å²) >= 11 is 1.48. The molecule has 0 aromatic heterocycles. The maximum atomic E-state index is 14.4. The van der Waals surface area contributed by atoms with Gasteiger partial charge in [-0.1, -0.05) is 55.9 Å². The number of rotatable bonds is 6. The number of halogens is 1. The van der Waals surface area contributed by atoms with Crippen molar-refractivity contribution in [2.75, 3.05) is 11.4 Å². The summed E-state index contributed by atoms with van der Waals surface area (Å²) < 4.78 is 14.4. The molecule has 164 valence electrons. The molecule has 1 N–H and O–H groups in total. The third kappa shape index (κ3) is 4.70. The number of carbonyl (C=O) groups excluding carboxylic acids is 2. The number of nitrogens with zero attached hydrogens (tertiary/aromatic N) is 1. The van der Waals surface area contributed by atoms with Crippen LogP contribution in [0.2, 0.25) is 0 Å². The fourth-order valence-electron chi connectivity index (χ4n) is 3.59. The number of benzene rings is 3. The number of amides is 2. The van der Waals surface area contributed by atoms with Crippen molar-refractivity contribution in [3.63, 3.8) is 0 Å². The maximum Gasteiger partial charge on any atom is 0.259 e. The SMILES string of the molecule is CC(C)CCNC(=O)c1ccc2c(c1)N(Cc1ccccc1F)C(=O)c1ccccc1S2. The summed E-state index contributed by atoms with van der Waals surface area (Å²) in [6.07, 6.45) is 0.889. The number of nitrogens with one attached hydrogen (secondary N) is 1. The highest BCUT2D eigenvalue weighted by Gasteiger charge is 2.28. The highest BCUT2D eigenvalue weighted by Crippen LogP contribution is 2.42. The predicted molar refractivity (Wildman–Crippen MR) is 126 cm³/mol. The Labute approximate surface area is 191 Å². The van der Waals surface area contributed by atoms with Crippen LogP contribution in [0.1, 0.15) is 46.5 Å². The van der Waals surface area contributed by atoms with E-state index in [1.54, 1.807) is 41.3 Å². The summed E-state index contributed by atoms with van der Waals surface area (Å²) in [5.41, 5.74) is 2.07. The van der Waals surface area contributed by atoms with Crippen LogP contribution >= 0.6 is 11.8 Å². The Kier molecular flexibility index (Phi) is 6.61. The molecule has 0 unspecified atom stereocenters. The molecule has 0 bridgehead atoms. The first-order valence-corrected chi connectivity index (χ1v) is 11.5. The quantitative estimate of drug-likeness (QED) is 0.510. The average Bonchev–Trinajstić information content (AvgIpc) is 2.89. The Balaban J connectivity index is 1.73. The van der Waals surface area contributed by atoms with E-state index < -0.39 is 0 Å². The lowest BCUT2D eigenvalue weighted by Crippen LogP contribution is -2.31. The van der Waals surface area contributed by atoms with Gasteiger partial charge in [0.2, 0.25) is 0 Å². The van der Waals surface area contributed by atoms with Crippen molar-refractivity contribution in [3.05, 3.63) is 89.2 Å². The fraction of sp³-hybridized carbons (Fsp3) is 0.231. The largest absolute Gasteiger partial charge is 0.352 e. The molecule has 1 heterocycles. The molecule has 3 aromatic rings. The van der Waals surface area contributed by atoms with Crippen LogP contribution in [-0.4, -0.2) is 18.4 Å². The summed E-state index contributed by atoms with van der Waals surface area (Å²) in [5.74, 6) is -0.272. The average molecular weight is 449 g/mol. The number of fused-ring (bicyclic) bond motifs is 2. The van der Waals surface area contributed by atoms with Crippen LogP contribution in [0.15, 0.2) is 76.5 Å². The standard InChI is InChI=1S/C26H25FN2O2S/c1-17(2)13-14-28-25(30)18-11-12-24-22(15-18)29(16-19-7-3-5-9-21(19)27)26(31)20-8-4-6-10-23(20)32-24/h3-12,15,17H,13-14,16H2,1-2H3,(H,28,30). The van der Waals surface area contributed by atoms with Crippen molar-refractivity contribution in [3.8, 4) is 0 Å². The summed E-state index contributed by atoms with van der Waals surface area (Å²) in [4.78, 5) is 29.5. The van der Waals surface area contributed by atoms with Gasteiger partial charge in [0.15, 0.2) is 0 Å². The second-order valence-electron chi connectivity index (χ2n) is 8.20. The second-order valence-corrected chi connectivity index (χ2v) is 9.29. The van der Waals surface area contributed by atoms with Crippen molar-refractivity contribution in [2.24, 2.45) is 5.92 Å². The van der Waals surface area contributed by atoms with Gasteiger partial charge in [0.25, 0.3) is 11.8 Å². The minimum Gasteiger partial charge on any atom is -0.352 e. The molecule has 1 aliphatic rings. The number of hydrogen-bond acceptors (Lipinski definition) is 3. The second kappa shape index (κ2) is 9.57. The lowest BCUT2D eigenvalue weighted by molar-refractivity contribution is 0.0948. The van der Waals surface area contributed by atoms with Gasteiger partial charge in [-0.15, -0.1) is 0 Å². The molecule has 2 amide bonds. The number of hydrogen-bond donors (Lipinski definition) is 1. The Morgan fingerprint density at radius 2 is 1.78 bits per heavy atom. The molecule has 0 atom stereocenters. The Morgan fingerprint density at radius 1 is 1.03 bits per heavy atom. The molecular weight excluding hydrogens is 423 g/mol. The van der Waals surface area contributed by atoms with E-state index in [9.17, 15) is 14.0 Å². The number of anilines is 1. The molecule has 4 rings (SSSR count). The van der Waals surface area contributed by atoms with Crippen LogP contribution in [0.5, 0.6) is 0 Å². The summed E-state index contributed by atoms with van der Waals surface area (Å²) in [5, 5.41) is 2.95. The van der Waals surface area contributed by atoms with Crippen molar-refractivity contribution in [1.29, 1.82) is 0 Å². The van der Waals surface area contributed by atoms with E-state index in [0.29, 0.717) is 34.8 Å². The molecule has 1 aliphatic heterocycles. The van der Waals surface area contributed by atoms with Gasteiger partial charge in [0.05, 0.1) is 17.8 Å². The molecule has 0 radical (unpaired) electrons. The van der Waals surface area contributed by atoms with E-state index in [2.05, 4.69) is 19.2 Å². The maximum absolute atomic E-state index is 14.4. The molecule has 6 heteroatoms. The van der Waals surface area contributed by atoms with Crippen LogP contribution in [0.3, 0.4) is 0 Å². The van der Waals surface area contributed by atoms with Gasteiger partial charge < -0.3 is 10.2 Å². The monoisotopic (exact) mass is 448 g/mol. The normalized spacial score (nSPS) is 12.9. The zero-order valence-electron chi connectivity index (χ0n) is 18.1. The summed E-state index contributed by atoms with van der Waals surface area (Å²) in [6.45, 7) is 4.88. The Bertz CT molecular complexity index is 1160. The van der Waals surface area contributed by atoms with E-state index >= 15 is 0 Å². The molecule has 0 spiro atoms. The van der Waals surface area contributed by atoms with Gasteiger partial charge in [-0.3, -0.25) is 9.59 Å². The van der Waals surface area contributed by atoms with Gasteiger partial charge in [-0.2, -0.15) is 0 Å². The van der Waals surface area contributed by atoms with E-state index in [0.717, 1.165) is 16.2 Å². The molecule has 0 saturated carbocycles. The molecular formula is C26H25FN2O2S. The topological polar surface area (TPSA) is 49.4 Å². The third-order valence-electron chi connectivity index (χ3n) is 5.39. The lowest BCUT2D eigenvalue weighted by atomic mass is 10.1. The van der Waals surface area contributed by atoms with Crippen LogP contribution < -0.4 is 10.2 Å². The van der Waals surface area contributed by atoms with Gasteiger partial charge in [0.1, 0.15) is 5.82 Å². The lowest BCUT2D eigenvalue weighted by Gasteiger charge is -2.24. The molecule has 0 saturated heterocycles. The van der Waals surface area contributed by atoms with Crippen molar-refractivity contribution in [1.82, 2.24) is 5.32 Å². The molecule has 32 heavy (non-hydrogen) atoms. The summed E-state index contributed by atoms with van der Waals surface area (Å²) in [7, 11) is 0. The van der Waals surface area contributed by atoms with Crippen molar-refractivity contribution in [2.45, 2.75) is 36.6 Å². The zero-order chi connectivity index (χ0) is 22.7. The van der Waals surface area contributed by atoms with Crippen LogP contribution in [0, 0.1) is 11.7 Å². The van der Waals surface area contributed by atoms with Crippen LogP contribution in [0.25, 0.3) is 0 Å². The highest BCUT2D eigenvalue weighted by atomic mass is 32.2. The highest BCUT2D eigenvalue weighted by molar-refractivity contribution is 7.99. The van der Waals surface area contributed by atoms with Crippen LogP contribution in [-0.2, 0) is 6.54 Å². The zero-order valence-corrected chi connectivity index (χ0v) is 18.9. The first-order chi connectivity index (χ1) is 15.4. The minimum absolute atomic E-state index is 0.0752. The first kappa shape index (κ1) is 22.1. The molecule has 4 nitrogen and oxygen atoms in total. The van der Waals surface area contributed by atoms with E-state index in [1.807, 2.05) is 24.3 Å². The Morgan fingerprint density at radius 3 is 2.56 bits per heavy atom.